The van der Waals surface area contributed by atoms with Crippen LogP contribution in [0, 0.1) is 5.82 Å². The first-order valence-electron chi connectivity index (χ1n) is 5.58. The number of hydrogen-bond donors (Lipinski definition) is 1. The van der Waals surface area contributed by atoms with Crippen molar-refractivity contribution >= 4 is 32.6 Å². The number of benzene rings is 1. The molecular weight excluding hydrogens is 311 g/mol. The summed E-state index contributed by atoms with van der Waals surface area (Å²) in [6, 6.07) is 6.43. The Labute approximate surface area is 116 Å². The molecule has 5 heteroatoms. The second-order valence-corrected chi connectivity index (χ2v) is 4.91. The molecule has 3 aromatic rings. The largest absolute Gasteiger partial charge is 0.360 e. The second-order valence-electron chi connectivity index (χ2n) is 4.05. The SMILES string of the molecule is O=C(c1cccc(Br)c1F)c1c[nH]c2ccncc12. The lowest BCUT2D eigenvalue weighted by molar-refractivity contribution is 0.103. The van der Waals surface area contributed by atoms with Gasteiger partial charge in [0.2, 0.25) is 0 Å². The summed E-state index contributed by atoms with van der Waals surface area (Å²) in [5, 5.41) is 0.687. The predicted octanol–water partition coefficient (Wildman–Crippen LogP) is 3.70. The number of halogens is 2. The van der Waals surface area contributed by atoms with Gasteiger partial charge in [-0.15, -0.1) is 0 Å². The summed E-state index contributed by atoms with van der Waals surface area (Å²) in [7, 11) is 0. The van der Waals surface area contributed by atoms with Crippen molar-refractivity contribution in [2.24, 2.45) is 0 Å². The van der Waals surface area contributed by atoms with Gasteiger partial charge >= 0.3 is 0 Å². The number of hydrogen-bond acceptors (Lipinski definition) is 2. The summed E-state index contributed by atoms with van der Waals surface area (Å²) in [5.74, 6) is -0.913. The number of aromatic nitrogens is 2. The third-order valence-corrected chi connectivity index (χ3v) is 3.54. The Morgan fingerprint density at radius 1 is 1.26 bits per heavy atom. The molecule has 3 rings (SSSR count). The first-order valence-corrected chi connectivity index (χ1v) is 6.37. The van der Waals surface area contributed by atoms with Crippen LogP contribution in [0.3, 0.4) is 0 Å². The fraction of sp³-hybridized carbons (Fsp3) is 0. The van der Waals surface area contributed by atoms with E-state index >= 15 is 0 Å². The quantitative estimate of drug-likeness (QED) is 0.732. The topological polar surface area (TPSA) is 45.8 Å². The predicted molar refractivity (Wildman–Crippen MR) is 73.6 cm³/mol. The number of pyridine rings is 1. The molecule has 0 aliphatic rings. The minimum Gasteiger partial charge on any atom is -0.360 e. The zero-order chi connectivity index (χ0) is 13.4. The molecule has 94 valence electrons. The third kappa shape index (κ3) is 1.96. The fourth-order valence-electron chi connectivity index (χ4n) is 1.97. The number of fused-ring (bicyclic) bond motifs is 1. The Balaban J connectivity index is 2.17. The summed E-state index contributed by atoms with van der Waals surface area (Å²) < 4.78 is 14.2. The highest BCUT2D eigenvalue weighted by Crippen LogP contribution is 2.24. The Morgan fingerprint density at radius 3 is 2.95 bits per heavy atom. The van der Waals surface area contributed by atoms with E-state index in [2.05, 4.69) is 25.9 Å². The van der Waals surface area contributed by atoms with E-state index in [1.165, 1.54) is 6.07 Å². The molecule has 0 fully saturated rings. The van der Waals surface area contributed by atoms with Crippen molar-refractivity contribution in [2.45, 2.75) is 0 Å². The van der Waals surface area contributed by atoms with Crippen LogP contribution in [0.1, 0.15) is 15.9 Å². The molecule has 3 nitrogen and oxygen atoms in total. The Bertz CT molecular complexity index is 782. The highest BCUT2D eigenvalue weighted by atomic mass is 79.9. The number of aromatic amines is 1. The van der Waals surface area contributed by atoms with Gasteiger partial charge in [-0.1, -0.05) is 6.07 Å². The molecule has 0 aliphatic carbocycles. The van der Waals surface area contributed by atoms with Crippen molar-refractivity contribution in [1.29, 1.82) is 0 Å². The van der Waals surface area contributed by atoms with Gasteiger partial charge in [0.05, 0.1) is 10.0 Å². The molecule has 2 aromatic heterocycles. The Kier molecular flexibility index (Phi) is 2.91. The van der Waals surface area contributed by atoms with Gasteiger partial charge in [0.15, 0.2) is 5.78 Å². The smallest absolute Gasteiger partial charge is 0.198 e. The van der Waals surface area contributed by atoms with Crippen LogP contribution in [0.5, 0.6) is 0 Å². The average Bonchev–Trinajstić information content (AvgIpc) is 2.85. The van der Waals surface area contributed by atoms with Gasteiger partial charge in [-0.25, -0.2) is 4.39 Å². The summed E-state index contributed by atoms with van der Waals surface area (Å²) >= 11 is 3.08. The van der Waals surface area contributed by atoms with Crippen LogP contribution in [0.4, 0.5) is 4.39 Å². The lowest BCUT2D eigenvalue weighted by Gasteiger charge is -2.03. The molecule has 0 unspecified atom stereocenters. The maximum Gasteiger partial charge on any atom is 0.198 e. The number of rotatable bonds is 2. The average molecular weight is 319 g/mol. The zero-order valence-corrected chi connectivity index (χ0v) is 11.2. The number of nitrogens with zero attached hydrogens (tertiary/aromatic N) is 1. The van der Waals surface area contributed by atoms with Gasteiger partial charge in [0.25, 0.3) is 0 Å². The van der Waals surface area contributed by atoms with Crippen molar-refractivity contribution < 1.29 is 9.18 Å². The van der Waals surface area contributed by atoms with Gasteiger partial charge in [0.1, 0.15) is 5.82 Å². The minimum atomic E-state index is -0.550. The van der Waals surface area contributed by atoms with E-state index in [1.807, 2.05) is 0 Å². The maximum atomic E-state index is 14.0. The lowest BCUT2D eigenvalue weighted by atomic mass is 10.0. The lowest BCUT2D eigenvalue weighted by Crippen LogP contribution is -2.04. The van der Waals surface area contributed by atoms with E-state index in [9.17, 15) is 9.18 Å². The van der Waals surface area contributed by atoms with Crippen LogP contribution in [0.25, 0.3) is 10.9 Å². The fourth-order valence-corrected chi connectivity index (χ4v) is 2.34. The van der Waals surface area contributed by atoms with E-state index in [4.69, 9.17) is 0 Å². The van der Waals surface area contributed by atoms with E-state index in [0.29, 0.717) is 10.9 Å². The minimum absolute atomic E-state index is 0.0409. The molecule has 1 aromatic carbocycles. The van der Waals surface area contributed by atoms with Crippen LogP contribution < -0.4 is 0 Å². The Morgan fingerprint density at radius 2 is 2.11 bits per heavy atom. The zero-order valence-electron chi connectivity index (χ0n) is 9.65. The number of ketones is 1. The van der Waals surface area contributed by atoms with Crippen molar-refractivity contribution in [2.75, 3.05) is 0 Å². The van der Waals surface area contributed by atoms with Crippen molar-refractivity contribution in [3.63, 3.8) is 0 Å². The standard InChI is InChI=1S/C14H8BrFN2O/c15-11-3-1-2-8(13(11)16)14(19)10-7-18-12-4-5-17-6-9(10)12/h1-7,18H. The summed E-state index contributed by atoms with van der Waals surface area (Å²) in [4.78, 5) is 19.4. The van der Waals surface area contributed by atoms with Crippen molar-refractivity contribution in [1.82, 2.24) is 9.97 Å². The monoisotopic (exact) mass is 318 g/mol. The number of H-pyrrole nitrogens is 1. The molecule has 1 N–H and O–H groups in total. The normalized spacial score (nSPS) is 10.8. The summed E-state index contributed by atoms with van der Waals surface area (Å²) in [6.45, 7) is 0. The molecule has 0 saturated heterocycles. The molecule has 0 radical (unpaired) electrons. The molecule has 0 amide bonds. The van der Waals surface area contributed by atoms with Gasteiger partial charge in [-0.05, 0) is 34.1 Å². The second kappa shape index (κ2) is 4.59. The van der Waals surface area contributed by atoms with Gasteiger partial charge in [-0.3, -0.25) is 9.78 Å². The number of nitrogens with one attached hydrogen (secondary N) is 1. The van der Waals surface area contributed by atoms with Crippen LogP contribution in [0.15, 0.2) is 47.3 Å². The molecule has 0 atom stereocenters. The van der Waals surface area contributed by atoms with Gasteiger partial charge in [0, 0.05) is 35.1 Å². The Hall–Kier alpha value is -2.01. The summed E-state index contributed by atoms with van der Waals surface area (Å²) in [6.07, 6.45) is 4.80. The van der Waals surface area contributed by atoms with Crippen LogP contribution in [-0.2, 0) is 0 Å². The van der Waals surface area contributed by atoms with E-state index < -0.39 is 5.82 Å². The van der Waals surface area contributed by atoms with E-state index in [1.54, 1.807) is 36.8 Å². The molecule has 2 heterocycles. The molecule has 0 bridgehead atoms. The highest BCUT2D eigenvalue weighted by molar-refractivity contribution is 9.10. The molecule has 0 aliphatic heterocycles. The van der Waals surface area contributed by atoms with Crippen molar-refractivity contribution in [3.8, 4) is 0 Å². The third-order valence-electron chi connectivity index (χ3n) is 2.92. The molecule has 19 heavy (non-hydrogen) atoms. The summed E-state index contributed by atoms with van der Waals surface area (Å²) in [5.41, 5.74) is 1.26. The highest BCUT2D eigenvalue weighted by Gasteiger charge is 2.18. The maximum absolute atomic E-state index is 14.0. The van der Waals surface area contributed by atoms with E-state index in [-0.39, 0.29) is 15.8 Å². The first kappa shape index (κ1) is 12.0. The van der Waals surface area contributed by atoms with Crippen LogP contribution >= 0.6 is 15.9 Å². The van der Waals surface area contributed by atoms with Crippen LogP contribution in [-0.4, -0.2) is 15.8 Å². The molecule has 0 spiro atoms. The molecular formula is C14H8BrFN2O. The van der Waals surface area contributed by atoms with Gasteiger partial charge in [-0.2, -0.15) is 0 Å². The first-order chi connectivity index (χ1) is 9.18. The van der Waals surface area contributed by atoms with Gasteiger partial charge < -0.3 is 4.98 Å². The van der Waals surface area contributed by atoms with E-state index in [0.717, 1.165) is 5.52 Å². The number of carbonyl (C=O) groups is 1. The van der Waals surface area contributed by atoms with Crippen LogP contribution in [0.2, 0.25) is 0 Å². The molecule has 0 saturated carbocycles. The number of carbonyl (C=O) groups excluding carboxylic acids is 1. The van der Waals surface area contributed by atoms with Crippen molar-refractivity contribution in [3.05, 3.63) is 64.3 Å².